The smallest absolute Gasteiger partial charge is 0.217 e. The Morgan fingerprint density at radius 2 is 0.955 bits per heavy atom. The average Bonchev–Trinajstić information content (AvgIpc) is 3.25. The molecule has 0 aliphatic carbocycles. The van der Waals surface area contributed by atoms with Crippen molar-refractivity contribution < 1.29 is 118 Å². The van der Waals surface area contributed by atoms with Crippen molar-refractivity contribution in [2.45, 2.75) is 188 Å². The molecule has 0 radical (unpaired) electrons. The fraction of sp³-hybridized carbons (Fsp3) is 0.895. The van der Waals surface area contributed by atoms with Crippen molar-refractivity contribution in [1.29, 1.82) is 0 Å². The van der Waals surface area contributed by atoms with Gasteiger partial charge in [-0.15, -0.1) is 0 Å². The van der Waals surface area contributed by atoms with Gasteiger partial charge in [0.05, 0.1) is 32.5 Å². The average molecular weight is 959 g/mol. The summed E-state index contributed by atoms with van der Waals surface area (Å²) < 4.78 is 61.6. The highest BCUT2D eigenvalue weighted by Crippen LogP contribution is 2.38. The summed E-state index contributed by atoms with van der Waals surface area (Å²) in [7, 11) is 0. The largest absolute Gasteiger partial charge is 0.394 e. The molecule has 378 valence electrons. The number of ether oxygens (including phenoxy) is 10. The zero-order chi connectivity index (χ0) is 48.5. The van der Waals surface area contributed by atoms with Crippen LogP contribution in [0.5, 0.6) is 0 Å². The number of amides is 4. The summed E-state index contributed by atoms with van der Waals surface area (Å²) in [5.41, 5.74) is 0. The summed E-state index contributed by atoms with van der Waals surface area (Å²) >= 11 is 0. The molecule has 7 fully saturated rings. The fourth-order valence-electron chi connectivity index (χ4n) is 8.87. The third kappa shape index (κ3) is 11.2. The molecule has 0 unspecified atom stereocenters. The Labute approximate surface area is 376 Å². The Bertz CT molecular complexity index is 1670. The zero-order valence-corrected chi connectivity index (χ0v) is 36.4. The molecule has 14 N–H and O–H groups in total. The number of nitrogens with one attached hydrogen (secondary N) is 4. The van der Waals surface area contributed by atoms with Crippen molar-refractivity contribution in [3.8, 4) is 0 Å². The van der Waals surface area contributed by atoms with Crippen molar-refractivity contribution >= 4 is 23.6 Å². The van der Waals surface area contributed by atoms with Crippen molar-refractivity contribution in [2.75, 3.05) is 26.4 Å². The molecule has 7 aliphatic rings. The fourth-order valence-corrected chi connectivity index (χ4v) is 8.87. The first kappa shape index (κ1) is 52.5. The second-order valence-corrected chi connectivity index (χ2v) is 17.0. The van der Waals surface area contributed by atoms with Crippen LogP contribution in [-0.4, -0.2) is 254 Å². The van der Waals surface area contributed by atoms with Crippen LogP contribution in [-0.2, 0) is 66.5 Å². The SMILES string of the molecule is CC(=O)N[C@H]1[C@H]2O[C@@H]3[C@H](O[C@@H]4O[C@H](CO)[C@@H](O)[C@H](O)[C@H]4NC(C)=O)[C@@H](NC(C)=O)[C@@H](O[C@H]4[C@@H](O)[C@@H](CO)O[C@H](O[C@H]5[C@H](OC[C@@H](O2)[C@H](O)[C@@H]1O)O[C@@H](C)[C@H](O)[C@H]5O)[C@@H]4NC(C)=O)O[C@@H]3CO. The number of carbonyl (C=O) groups excluding carboxylic acids is 4. The van der Waals surface area contributed by atoms with E-state index < -0.39 is 203 Å². The lowest BCUT2D eigenvalue weighted by molar-refractivity contribution is -0.372. The van der Waals surface area contributed by atoms with E-state index in [2.05, 4.69) is 21.3 Å². The maximum absolute atomic E-state index is 13.2. The summed E-state index contributed by atoms with van der Waals surface area (Å²) in [6.07, 6.45) is -36.6. The van der Waals surface area contributed by atoms with Gasteiger partial charge in [-0.05, 0) is 6.92 Å². The molecule has 0 aromatic carbocycles. The third-order valence-electron chi connectivity index (χ3n) is 12.1. The summed E-state index contributed by atoms with van der Waals surface area (Å²) in [5, 5.41) is 120. The minimum absolute atomic E-state index is 0.715. The number of aliphatic hydroxyl groups excluding tert-OH is 10. The molecule has 28 heteroatoms. The standard InChI is InChI=1S/C38H62N4O24/c1-10-23(50)29(56)33-38(58-10)57-9-18-25(52)28(55)20(40-12(3)47)35(62-18)63-30-17(8-45)61-37(64-31-21(41-13(4)48)36(66-33)60-16(7-44)26(31)53)22(42-14(5)49)32(30)65-34-19(39-11(2)46)27(54)24(51)15(6-43)59-34/h10,15-38,43-45,50-56H,6-9H2,1-5H3,(H,39,46)(H,40,47)(H,41,48)(H,42,49)/t10-,15+,16+,17+,18+,19+,20+,21+,22+,23-,24+,25-,26-,27+,28+,29+,30-,31+,32+,33+,34-,35+,36+,37+,38+/m0/s1. The Hall–Kier alpha value is -2.92. The van der Waals surface area contributed by atoms with Gasteiger partial charge >= 0.3 is 0 Å². The number of aliphatic hydroxyl groups is 10. The first-order valence-electron chi connectivity index (χ1n) is 21.4. The van der Waals surface area contributed by atoms with Gasteiger partial charge in [-0.2, -0.15) is 0 Å². The van der Waals surface area contributed by atoms with E-state index in [-0.39, 0.29) is 0 Å². The second-order valence-electron chi connectivity index (χ2n) is 17.0. The van der Waals surface area contributed by atoms with Crippen LogP contribution >= 0.6 is 0 Å². The topological polar surface area (TPSA) is 411 Å². The lowest BCUT2D eigenvalue weighted by Gasteiger charge is -2.52. The van der Waals surface area contributed by atoms with Crippen LogP contribution in [0.2, 0.25) is 0 Å². The van der Waals surface area contributed by atoms with Crippen molar-refractivity contribution in [3.05, 3.63) is 0 Å². The summed E-state index contributed by atoms with van der Waals surface area (Å²) in [4.78, 5) is 51.0. The Balaban J connectivity index is 1.54. The summed E-state index contributed by atoms with van der Waals surface area (Å²) in [6.45, 7) is 2.18. The molecule has 0 aromatic rings. The van der Waals surface area contributed by atoms with E-state index in [9.17, 15) is 70.2 Å². The van der Waals surface area contributed by atoms with E-state index in [1.807, 2.05) is 0 Å². The summed E-state index contributed by atoms with van der Waals surface area (Å²) in [6, 6.07) is -6.61. The number of carbonyl (C=O) groups is 4. The minimum atomic E-state index is -1.92. The predicted molar refractivity (Wildman–Crippen MR) is 208 cm³/mol. The van der Waals surface area contributed by atoms with Gasteiger partial charge in [0.1, 0.15) is 116 Å². The molecule has 25 atom stereocenters. The van der Waals surface area contributed by atoms with Gasteiger partial charge in [0.25, 0.3) is 0 Å². The number of fused-ring (bicyclic) bond motifs is 3. The van der Waals surface area contributed by atoms with Crippen LogP contribution in [0.15, 0.2) is 0 Å². The lowest BCUT2D eigenvalue weighted by atomic mass is 9.92. The Morgan fingerprint density at radius 1 is 0.470 bits per heavy atom. The molecular formula is C38H62N4O24. The van der Waals surface area contributed by atoms with Gasteiger partial charge in [0, 0.05) is 27.7 Å². The maximum atomic E-state index is 13.2. The van der Waals surface area contributed by atoms with Gasteiger partial charge < -0.3 is 120 Å². The normalized spacial score (nSPS) is 47.7. The molecule has 7 rings (SSSR count). The predicted octanol–water partition coefficient (Wildman–Crippen LogP) is -9.28. The van der Waals surface area contributed by atoms with Gasteiger partial charge in [0.2, 0.25) is 23.6 Å². The van der Waals surface area contributed by atoms with Gasteiger partial charge in [0.15, 0.2) is 31.5 Å². The van der Waals surface area contributed by atoms with E-state index in [1.165, 1.54) is 6.92 Å². The molecule has 28 nitrogen and oxygen atoms in total. The van der Waals surface area contributed by atoms with Crippen LogP contribution < -0.4 is 21.3 Å². The quantitative estimate of drug-likeness (QED) is 0.102. The molecule has 7 heterocycles. The minimum Gasteiger partial charge on any atom is -0.394 e. The van der Waals surface area contributed by atoms with Crippen LogP contribution in [0.25, 0.3) is 0 Å². The van der Waals surface area contributed by atoms with Crippen LogP contribution in [0.3, 0.4) is 0 Å². The van der Waals surface area contributed by atoms with E-state index in [0.29, 0.717) is 0 Å². The first-order valence-corrected chi connectivity index (χ1v) is 21.4. The highest BCUT2D eigenvalue weighted by Gasteiger charge is 2.59. The van der Waals surface area contributed by atoms with Crippen LogP contribution in [0.4, 0.5) is 0 Å². The Kier molecular flexibility index (Phi) is 17.7. The van der Waals surface area contributed by atoms with Gasteiger partial charge in [-0.25, -0.2) is 0 Å². The van der Waals surface area contributed by atoms with E-state index in [4.69, 9.17) is 47.4 Å². The van der Waals surface area contributed by atoms with Crippen LogP contribution in [0.1, 0.15) is 34.6 Å². The van der Waals surface area contributed by atoms with E-state index >= 15 is 0 Å². The van der Waals surface area contributed by atoms with E-state index in [0.717, 1.165) is 27.7 Å². The van der Waals surface area contributed by atoms with Crippen molar-refractivity contribution in [1.82, 2.24) is 21.3 Å². The molecule has 7 saturated heterocycles. The number of rotatable bonds is 9. The molecule has 4 amide bonds. The number of hydrogen-bond acceptors (Lipinski definition) is 24. The zero-order valence-electron chi connectivity index (χ0n) is 36.4. The summed E-state index contributed by atoms with van der Waals surface area (Å²) in [5.74, 6) is -3.07. The van der Waals surface area contributed by atoms with Crippen LogP contribution in [0, 0.1) is 0 Å². The van der Waals surface area contributed by atoms with Gasteiger partial charge in [-0.3, -0.25) is 19.2 Å². The molecule has 66 heavy (non-hydrogen) atoms. The number of hydrogen-bond donors (Lipinski definition) is 14. The molecule has 7 aliphatic heterocycles. The first-order chi connectivity index (χ1) is 31.2. The molecule has 6 bridgehead atoms. The van der Waals surface area contributed by atoms with Crippen molar-refractivity contribution in [3.63, 3.8) is 0 Å². The second kappa shape index (κ2) is 22.2. The van der Waals surface area contributed by atoms with Gasteiger partial charge in [-0.1, -0.05) is 0 Å². The lowest BCUT2D eigenvalue weighted by Crippen LogP contribution is -2.73. The molecule has 0 aromatic heterocycles. The highest BCUT2D eigenvalue weighted by atomic mass is 16.8. The third-order valence-corrected chi connectivity index (χ3v) is 12.1. The monoisotopic (exact) mass is 958 g/mol. The highest BCUT2D eigenvalue weighted by molar-refractivity contribution is 5.74. The Morgan fingerprint density at radius 3 is 1.56 bits per heavy atom. The molecular weight excluding hydrogens is 896 g/mol. The maximum Gasteiger partial charge on any atom is 0.217 e. The molecule has 0 spiro atoms. The molecule has 0 saturated carbocycles. The van der Waals surface area contributed by atoms with Crippen molar-refractivity contribution in [2.24, 2.45) is 0 Å². The van der Waals surface area contributed by atoms with E-state index in [1.54, 1.807) is 0 Å².